The number of allylic oxidation sites excluding steroid dienone is 4. The standard InChI is InChI=1S/C50H68Si3.Hf/c1-13-51(14-2,15-3)39-24-28-42(29-25-39)53(41-21-19-20-22-41,43-30-26-40(27-31-43)52(16-4,17-5)18-6)48-46-36-37-35-38(49(7,8)9)23-32-44(37)45(46)33-34-47(48)50(10,11)12;/h19-35,41H,13-18,36H2,1-12H3;. The van der Waals surface area contributed by atoms with Crippen molar-refractivity contribution in [2.45, 2.75) is 142 Å². The summed E-state index contributed by atoms with van der Waals surface area (Å²) < 4.78 is 0. The smallest absolute Gasteiger partial charge is 0.0793 e. The predicted octanol–water partition coefficient (Wildman–Crippen LogP) is 11.2. The molecule has 4 aromatic rings. The van der Waals surface area contributed by atoms with Gasteiger partial charge in [-0.15, -0.1) is 0 Å². The molecule has 0 nitrogen and oxygen atoms in total. The third kappa shape index (κ3) is 7.18. The third-order valence-electron chi connectivity index (χ3n) is 14.4. The molecule has 0 fully saturated rings. The van der Waals surface area contributed by atoms with Gasteiger partial charge < -0.3 is 0 Å². The summed E-state index contributed by atoms with van der Waals surface area (Å²) >= 11 is 0. The minimum Gasteiger partial charge on any atom is -0.0793 e. The molecule has 0 spiro atoms. The Hall–Kier alpha value is -2.12. The summed E-state index contributed by atoms with van der Waals surface area (Å²) in [7, 11) is -5.83. The summed E-state index contributed by atoms with van der Waals surface area (Å²) in [5.41, 5.74) is 9.40. The number of rotatable bonds is 12. The van der Waals surface area contributed by atoms with Crippen molar-refractivity contribution >= 4 is 50.2 Å². The van der Waals surface area contributed by atoms with Crippen molar-refractivity contribution in [3.05, 3.63) is 125 Å². The minimum absolute atomic E-state index is 0. The van der Waals surface area contributed by atoms with Crippen molar-refractivity contribution < 1.29 is 25.8 Å². The van der Waals surface area contributed by atoms with Gasteiger partial charge in [0.25, 0.3) is 0 Å². The average molecular weight is 932 g/mol. The molecule has 6 rings (SSSR count). The van der Waals surface area contributed by atoms with Gasteiger partial charge in [-0.3, -0.25) is 0 Å². The number of fused-ring (bicyclic) bond motifs is 3. The normalized spacial score (nSPS) is 14.7. The molecule has 4 aromatic carbocycles. The van der Waals surface area contributed by atoms with Crippen molar-refractivity contribution in [2.24, 2.45) is 0 Å². The topological polar surface area (TPSA) is 0 Å². The number of hydrogen-bond acceptors (Lipinski definition) is 0. The minimum atomic E-state index is -2.76. The van der Waals surface area contributed by atoms with Crippen LogP contribution in [0.25, 0.3) is 11.1 Å². The molecule has 2 aliphatic carbocycles. The van der Waals surface area contributed by atoms with E-state index in [1.165, 1.54) is 64.1 Å². The Morgan fingerprint density at radius 1 is 0.519 bits per heavy atom. The van der Waals surface area contributed by atoms with Crippen molar-refractivity contribution in [1.29, 1.82) is 0 Å². The van der Waals surface area contributed by atoms with Crippen LogP contribution < -0.4 is 25.9 Å². The molecule has 0 aromatic heterocycles. The van der Waals surface area contributed by atoms with Crippen LogP contribution in [0.1, 0.15) is 105 Å². The van der Waals surface area contributed by atoms with Crippen molar-refractivity contribution in [2.75, 3.05) is 0 Å². The Labute approximate surface area is 352 Å². The summed E-state index contributed by atoms with van der Waals surface area (Å²) in [5.74, 6) is 0. The van der Waals surface area contributed by atoms with E-state index in [9.17, 15) is 0 Å². The number of benzene rings is 4. The predicted molar refractivity (Wildman–Crippen MR) is 245 cm³/mol. The largest absolute Gasteiger partial charge is 0.159 e. The second-order valence-corrected chi connectivity index (χ2v) is 33.0. The third-order valence-corrected chi connectivity index (χ3v) is 30.8. The molecule has 0 radical (unpaired) electrons. The van der Waals surface area contributed by atoms with E-state index in [-0.39, 0.29) is 36.7 Å². The van der Waals surface area contributed by atoms with Gasteiger partial charge in [0.15, 0.2) is 8.07 Å². The molecular formula is C50H68HfSi3. The van der Waals surface area contributed by atoms with E-state index in [0.29, 0.717) is 5.54 Å². The summed E-state index contributed by atoms with van der Waals surface area (Å²) in [6, 6.07) is 41.2. The van der Waals surface area contributed by atoms with Gasteiger partial charge in [-0.1, -0.05) is 233 Å². The Morgan fingerprint density at radius 3 is 1.35 bits per heavy atom. The van der Waals surface area contributed by atoms with Gasteiger partial charge in [0.2, 0.25) is 0 Å². The molecule has 0 heterocycles. The summed E-state index contributed by atoms with van der Waals surface area (Å²) in [5, 5.41) is 8.09. The zero-order valence-corrected chi connectivity index (χ0v) is 42.4. The Balaban J connectivity index is 0.00000561. The first kappa shape index (κ1) is 43.0. The average Bonchev–Trinajstić information content (AvgIpc) is 3.83. The van der Waals surface area contributed by atoms with E-state index in [1.54, 1.807) is 31.5 Å². The Bertz CT molecular complexity index is 1890. The molecule has 0 unspecified atom stereocenters. The summed E-state index contributed by atoms with van der Waals surface area (Å²) in [6.45, 7) is 29.1. The van der Waals surface area contributed by atoms with Crippen LogP contribution in [0, 0.1) is 0 Å². The van der Waals surface area contributed by atoms with Gasteiger partial charge in [0, 0.05) is 31.4 Å². The SMILES string of the molecule is CC[Si](CC)(CC)c1ccc([Si](c2ccc([Si](CC)(CC)CC)cc2)(c2c(C(C)(C)C)ccc3c2Cc2cc(C(C)(C)C)ccc2-3)C2C=CC=C2)cc1.[Hf]. The van der Waals surface area contributed by atoms with E-state index in [2.05, 4.69) is 186 Å². The first-order valence-electron chi connectivity index (χ1n) is 21.1. The molecule has 0 N–H and O–H groups in total. The summed E-state index contributed by atoms with van der Waals surface area (Å²) in [4.78, 5) is 0. The summed E-state index contributed by atoms with van der Waals surface area (Å²) in [6.07, 6.45) is 10.8. The quantitative estimate of drug-likeness (QED) is 0.0864. The second kappa shape index (κ2) is 16.4. The zero-order chi connectivity index (χ0) is 38.4. The first-order chi connectivity index (χ1) is 25.2. The fourth-order valence-corrected chi connectivity index (χ4v) is 23.4. The fraction of sp³-hybridized carbons (Fsp3) is 0.440. The Kier molecular flexibility index (Phi) is 13.1. The maximum Gasteiger partial charge on any atom is 0.159 e. The van der Waals surface area contributed by atoms with Crippen molar-refractivity contribution in [3.63, 3.8) is 0 Å². The van der Waals surface area contributed by atoms with Crippen LogP contribution in [0.15, 0.2) is 103 Å². The molecule has 0 aliphatic heterocycles. The van der Waals surface area contributed by atoms with E-state index in [1.807, 2.05) is 0 Å². The van der Waals surface area contributed by atoms with Crippen molar-refractivity contribution in [3.8, 4) is 11.1 Å². The van der Waals surface area contributed by atoms with Crippen LogP contribution in [0.2, 0.25) is 41.8 Å². The number of hydrogen-bond donors (Lipinski definition) is 0. The molecule has 0 bridgehead atoms. The van der Waals surface area contributed by atoms with E-state index >= 15 is 0 Å². The van der Waals surface area contributed by atoms with Crippen LogP contribution in [-0.4, -0.2) is 24.2 Å². The van der Waals surface area contributed by atoms with E-state index in [0.717, 1.165) is 6.42 Å². The molecule has 0 amide bonds. The Morgan fingerprint density at radius 2 is 0.944 bits per heavy atom. The maximum atomic E-state index is 2.63. The second-order valence-electron chi connectivity index (χ2n) is 18.5. The van der Waals surface area contributed by atoms with Gasteiger partial charge in [-0.05, 0) is 66.2 Å². The molecule has 0 saturated heterocycles. The van der Waals surface area contributed by atoms with Gasteiger partial charge >= 0.3 is 0 Å². The van der Waals surface area contributed by atoms with Gasteiger partial charge in [-0.2, -0.15) is 0 Å². The van der Waals surface area contributed by atoms with Crippen LogP contribution in [-0.2, 0) is 43.1 Å². The molecule has 0 saturated carbocycles. The molecule has 2 aliphatic rings. The fourth-order valence-electron chi connectivity index (χ4n) is 10.4. The first-order valence-corrected chi connectivity index (χ1v) is 28.4. The molecular weight excluding hydrogens is 863 g/mol. The maximum absolute atomic E-state index is 2.76. The molecule has 0 atom stereocenters. The van der Waals surface area contributed by atoms with Crippen LogP contribution >= 0.6 is 0 Å². The molecule has 4 heteroatoms. The molecule has 284 valence electrons. The van der Waals surface area contributed by atoms with Crippen molar-refractivity contribution in [1.82, 2.24) is 0 Å². The van der Waals surface area contributed by atoms with Gasteiger partial charge in [0.1, 0.15) is 0 Å². The molecule has 54 heavy (non-hydrogen) atoms. The monoisotopic (exact) mass is 932 g/mol. The van der Waals surface area contributed by atoms with Crippen LogP contribution in [0.4, 0.5) is 0 Å². The van der Waals surface area contributed by atoms with Gasteiger partial charge in [0.05, 0.1) is 16.1 Å². The van der Waals surface area contributed by atoms with E-state index in [4.69, 9.17) is 0 Å². The van der Waals surface area contributed by atoms with E-state index < -0.39 is 24.2 Å². The van der Waals surface area contributed by atoms with Crippen LogP contribution in [0.3, 0.4) is 0 Å². The van der Waals surface area contributed by atoms with Gasteiger partial charge in [-0.25, -0.2) is 0 Å². The zero-order valence-electron chi connectivity index (χ0n) is 35.8. The van der Waals surface area contributed by atoms with Crippen LogP contribution in [0.5, 0.6) is 0 Å².